The maximum absolute atomic E-state index is 5.65. The Morgan fingerprint density at radius 2 is 1.83 bits per heavy atom. The van der Waals surface area contributed by atoms with E-state index in [0.29, 0.717) is 5.75 Å². The van der Waals surface area contributed by atoms with Crippen molar-refractivity contribution in [3.8, 4) is 34.4 Å². The van der Waals surface area contributed by atoms with Gasteiger partial charge in [-0.1, -0.05) is 11.8 Å². The van der Waals surface area contributed by atoms with E-state index >= 15 is 0 Å². The molecule has 0 aliphatic carbocycles. The molecule has 0 atom stereocenters. The molecule has 0 fully saturated rings. The molecule has 0 amide bonds. The van der Waals surface area contributed by atoms with Gasteiger partial charge in [-0.2, -0.15) is 26.6 Å². The first-order chi connectivity index (χ1) is 14.6. The van der Waals surface area contributed by atoms with E-state index in [1.807, 2.05) is 54.8 Å². The van der Waals surface area contributed by atoms with Gasteiger partial charge in [0.2, 0.25) is 0 Å². The van der Waals surface area contributed by atoms with Crippen molar-refractivity contribution in [1.82, 2.24) is 29.2 Å². The van der Waals surface area contributed by atoms with E-state index in [-0.39, 0.29) is 0 Å². The van der Waals surface area contributed by atoms with Crippen LogP contribution in [0.3, 0.4) is 0 Å². The maximum Gasteiger partial charge on any atom is 0.146 e. The van der Waals surface area contributed by atoms with Crippen LogP contribution < -0.4 is 4.74 Å². The second kappa shape index (κ2) is 7.21. The number of aromatic nitrogens is 6. The van der Waals surface area contributed by atoms with Gasteiger partial charge in [-0.15, -0.1) is 0 Å². The van der Waals surface area contributed by atoms with Crippen LogP contribution in [0.5, 0.6) is 5.75 Å². The minimum atomic E-state index is 0.712. The monoisotopic (exact) mass is 414 g/mol. The fourth-order valence-corrected chi connectivity index (χ4v) is 3.98. The van der Waals surface area contributed by atoms with Crippen LogP contribution in [0.25, 0.3) is 22.3 Å². The van der Waals surface area contributed by atoms with Crippen molar-refractivity contribution >= 4 is 16.9 Å². The zero-order chi connectivity index (χ0) is 20.7. The molecule has 0 aromatic carbocycles. The number of rotatable bonds is 3. The van der Waals surface area contributed by atoms with Crippen LogP contribution in [0.2, 0.25) is 0 Å². The molecule has 8 heteroatoms. The molecule has 0 spiro atoms. The zero-order valence-corrected chi connectivity index (χ0v) is 17.5. The Balaban J connectivity index is 1.55. The third-order valence-electron chi connectivity index (χ3n) is 4.93. The van der Waals surface area contributed by atoms with Crippen LogP contribution in [0, 0.1) is 18.8 Å². The van der Waals surface area contributed by atoms with Gasteiger partial charge in [0, 0.05) is 35.9 Å². The van der Waals surface area contributed by atoms with E-state index in [2.05, 4.69) is 32.5 Å². The third-order valence-corrected chi connectivity index (χ3v) is 5.60. The first kappa shape index (κ1) is 18.2. The molecule has 0 saturated heterocycles. The van der Waals surface area contributed by atoms with Gasteiger partial charge in [0.15, 0.2) is 0 Å². The molecule has 0 bridgehead atoms. The Kier molecular flexibility index (Phi) is 4.38. The quantitative estimate of drug-likeness (QED) is 0.423. The average molecular weight is 414 g/mol. The van der Waals surface area contributed by atoms with Crippen molar-refractivity contribution in [3.63, 3.8) is 0 Å². The standard InChI is InChI=1S/C22H18N6OS/c1-15-16(9-25-28(15)20-6-7-30-14-20)4-5-17-10-24-27-13-18(8-21(29-3)22(17)27)19-11-23-26(2)12-19/h6-14H,1-3H3. The van der Waals surface area contributed by atoms with Gasteiger partial charge in [-0.05, 0) is 24.4 Å². The summed E-state index contributed by atoms with van der Waals surface area (Å²) in [4.78, 5) is 0. The van der Waals surface area contributed by atoms with E-state index in [1.54, 1.807) is 40.0 Å². The average Bonchev–Trinajstić information content (AvgIpc) is 3.53. The van der Waals surface area contributed by atoms with E-state index < -0.39 is 0 Å². The van der Waals surface area contributed by atoms with Crippen LogP contribution >= 0.6 is 11.3 Å². The molecule has 148 valence electrons. The highest BCUT2D eigenvalue weighted by molar-refractivity contribution is 7.08. The lowest BCUT2D eigenvalue weighted by Crippen LogP contribution is -1.96. The smallest absolute Gasteiger partial charge is 0.146 e. The molecule has 30 heavy (non-hydrogen) atoms. The highest BCUT2D eigenvalue weighted by atomic mass is 32.1. The molecule has 0 saturated carbocycles. The number of aryl methyl sites for hydroxylation is 1. The second-order valence-electron chi connectivity index (χ2n) is 6.84. The lowest BCUT2D eigenvalue weighted by atomic mass is 10.1. The van der Waals surface area contributed by atoms with Crippen molar-refractivity contribution in [3.05, 3.63) is 70.7 Å². The molecule has 0 aliphatic rings. The Hall–Kier alpha value is -3.83. The van der Waals surface area contributed by atoms with Gasteiger partial charge in [-0.3, -0.25) is 4.68 Å². The highest BCUT2D eigenvalue weighted by Crippen LogP contribution is 2.29. The Labute approximate surface area is 177 Å². The number of hydrogen-bond donors (Lipinski definition) is 0. The molecule has 0 aliphatic heterocycles. The number of ether oxygens (including phenoxy) is 1. The minimum Gasteiger partial charge on any atom is -0.494 e. The van der Waals surface area contributed by atoms with E-state index in [9.17, 15) is 0 Å². The molecule has 5 aromatic heterocycles. The summed E-state index contributed by atoms with van der Waals surface area (Å²) >= 11 is 1.64. The summed E-state index contributed by atoms with van der Waals surface area (Å²) < 4.78 is 11.1. The summed E-state index contributed by atoms with van der Waals surface area (Å²) in [6.45, 7) is 2.02. The maximum atomic E-state index is 5.65. The van der Waals surface area contributed by atoms with Gasteiger partial charge in [0.1, 0.15) is 11.3 Å². The Morgan fingerprint density at radius 1 is 1.00 bits per heavy atom. The largest absolute Gasteiger partial charge is 0.494 e. The van der Waals surface area contributed by atoms with Crippen molar-refractivity contribution in [1.29, 1.82) is 0 Å². The molecule has 5 aromatic rings. The van der Waals surface area contributed by atoms with E-state index in [4.69, 9.17) is 4.74 Å². The van der Waals surface area contributed by atoms with Crippen molar-refractivity contribution in [2.45, 2.75) is 6.92 Å². The number of nitrogens with zero attached hydrogens (tertiary/aromatic N) is 6. The lowest BCUT2D eigenvalue weighted by Gasteiger charge is -2.06. The summed E-state index contributed by atoms with van der Waals surface area (Å²) in [6, 6.07) is 4.02. The van der Waals surface area contributed by atoms with Crippen molar-refractivity contribution < 1.29 is 4.74 Å². The Morgan fingerprint density at radius 3 is 2.57 bits per heavy atom. The number of fused-ring (bicyclic) bond motifs is 1. The van der Waals surface area contributed by atoms with Crippen molar-refractivity contribution in [2.75, 3.05) is 7.11 Å². The van der Waals surface area contributed by atoms with Gasteiger partial charge in [0.25, 0.3) is 0 Å². The fourth-order valence-electron chi connectivity index (χ4n) is 3.36. The number of hydrogen-bond acceptors (Lipinski definition) is 5. The van der Waals surface area contributed by atoms with Gasteiger partial charge >= 0.3 is 0 Å². The summed E-state index contributed by atoms with van der Waals surface area (Å²) in [5, 5.41) is 17.3. The molecule has 0 unspecified atom stereocenters. The SMILES string of the molecule is COc1cc(-c2cnn(C)c2)cn2ncc(C#Cc3cnn(-c4ccsc4)c3C)c12. The first-order valence-electron chi connectivity index (χ1n) is 9.27. The van der Waals surface area contributed by atoms with Crippen LogP contribution in [0.15, 0.2) is 53.9 Å². The van der Waals surface area contributed by atoms with Gasteiger partial charge < -0.3 is 4.74 Å². The van der Waals surface area contributed by atoms with Gasteiger partial charge in [-0.25, -0.2) is 9.20 Å². The number of thiophene rings is 1. The lowest BCUT2D eigenvalue weighted by molar-refractivity contribution is 0.417. The second-order valence-corrected chi connectivity index (χ2v) is 7.62. The van der Waals surface area contributed by atoms with Crippen LogP contribution in [0.1, 0.15) is 16.8 Å². The molecule has 0 radical (unpaired) electrons. The molecular formula is C22H18N6OS. The summed E-state index contributed by atoms with van der Waals surface area (Å²) in [6.07, 6.45) is 9.29. The van der Waals surface area contributed by atoms with E-state index in [1.165, 1.54) is 0 Å². The zero-order valence-electron chi connectivity index (χ0n) is 16.7. The molecule has 5 heterocycles. The first-order valence-corrected chi connectivity index (χ1v) is 10.2. The summed E-state index contributed by atoms with van der Waals surface area (Å²) in [5.41, 5.74) is 6.54. The third kappa shape index (κ3) is 3.06. The van der Waals surface area contributed by atoms with Crippen LogP contribution in [0.4, 0.5) is 0 Å². The number of methoxy groups -OCH3 is 1. The van der Waals surface area contributed by atoms with E-state index in [0.717, 1.165) is 39.2 Å². The fraction of sp³-hybridized carbons (Fsp3) is 0.136. The van der Waals surface area contributed by atoms with Crippen LogP contribution in [-0.2, 0) is 7.05 Å². The summed E-state index contributed by atoms with van der Waals surface area (Å²) in [5.74, 6) is 7.19. The highest BCUT2D eigenvalue weighted by Gasteiger charge is 2.13. The normalized spacial score (nSPS) is 10.9. The topological polar surface area (TPSA) is 62.2 Å². The van der Waals surface area contributed by atoms with Crippen molar-refractivity contribution in [2.24, 2.45) is 7.05 Å². The van der Waals surface area contributed by atoms with Gasteiger partial charge in [0.05, 0.1) is 48.2 Å². The molecular weight excluding hydrogens is 396 g/mol. The van der Waals surface area contributed by atoms with Crippen LogP contribution in [-0.4, -0.2) is 36.3 Å². The Bertz CT molecular complexity index is 1410. The minimum absolute atomic E-state index is 0.712. The molecule has 7 nitrogen and oxygen atoms in total. The molecule has 0 N–H and O–H groups in total. The predicted octanol–water partition coefficient (Wildman–Crippen LogP) is 3.70. The predicted molar refractivity (Wildman–Crippen MR) is 116 cm³/mol. The number of pyridine rings is 1. The molecule has 5 rings (SSSR count). The summed E-state index contributed by atoms with van der Waals surface area (Å²) in [7, 11) is 3.55.